The van der Waals surface area contributed by atoms with Crippen LogP contribution < -0.4 is 0 Å². The molecule has 1 aliphatic heterocycles. The molecular weight excluding hydrogens is 246 g/mol. The second-order valence-electron chi connectivity index (χ2n) is 5.30. The van der Waals surface area contributed by atoms with Crippen molar-refractivity contribution < 1.29 is 4.74 Å². The number of aromatic nitrogens is 3. The zero-order valence-electron chi connectivity index (χ0n) is 10.7. The van der Waals surface area contributed by atoms with Crippen LogP contribution in [0.5, 0.6) is 0 Å². The number of hydrogen-bond acceptors (Lipinski definition) is 3. The highest BCUT2D eigenvalue weighted by Gasteiger charge is 2.32. The first-order chi connectivity index (χ1) is 8.60. The number of aromatic amines is 1. The SMILES string of the molecule is Cc1cnc2c(c1)[nH]c(=S)n2C1(C)CCCOC1. The quantitative estimate of drug-likeness (QED) is 0.804. The third-order valence-electron chi connectivity index (χ3n) is 3.62. The van der Waals surface area contributed by atoms with Gasteiger partial charge in [-0.2, -0.15) is 0 Å². The Kier molecular flexibility index (Phi) is 2.75. The molecule has 1 fully saturated rings. The van der Waals surface area contributed by atoms with E-state index in [0.717, 1.165) is 40.9 Å². The van der Waals surface area contributed by atoms with Crippen LogP contribution in [-0.2, 0) is 10.3 Å². The topological polar surface area (TPSA) is 42.8 Å². The van der Waals surface area contributed by atoms with Crippen molar-refractivity contribution in [3.05, 3.63) is 22.6 Å². The molecule has 0 spiro atoms. The molecule has 1 unspecified atom stereocenters. The third kappa shape index (κ3) is 1.78. The molecular formula is C13H17N3OS. The summed E-state index contributed by atoms with van der Waals surface area (Å²) in [6.45, 7) is 5.77. The van der Waals surface area contributed by atoms with Crippen LogP contribution in [0.3, 0.4) is 0 Å². The lowest BCUT2D eigenvalue weighted by Crippen LogP contribution is -2.39. The first-order valence-corrected chi connectivity index (χ1v) is 6.67. The zero-order valence-corrected chi connectivity index (χ0v) is 11.5. The Morgan fingerprint density at radius 1 is 1.56 bits per heavy atom. The largest absolute Gasteiger partial charge is 0.379 e. The molecule has 5 heteroatoms. The Labute approximate surface area is 111 Å². The van der Waals surface area contributed by atoms with E-state index >= 15 is 0 Å². The first-order valence-electron chi connectivity index (χ1n) is 6.26. The molecule has 96 valence electrons. The molecule has 0 aliphatic carbocycles. The second-order valence-corrected chi connectivity index (χ2v) is 5.69. The number of hydrogen-bond donors (Lipinski definition) is 1. The number of aryl methyl sites for hydroxylation is 1. The van der Waals surface area contributed by atoms with Crippen molar-refractivity contribution in [3.63, 3.8) is 0 Å². The summed E-state index contributed by atoms with van der Waals surface area (Å²) in [5.74, 6) is 0. The van der Waals surface area contributed by atoms with E-state index in [1.165, 1.54) is 0 Å². The molecule has 0 radical (unpaired) electrons. The monoisotopic (exact) mass is 263 g/mol. The number of H-pyrrole nitrogens is 1. The first kappa shape index (κ1) is 11.9. The van der Waals surface area contributed by atoms with E-state index in [2.05, 4.69) is 27.5 Å². The van der Waals surface area contributed by atoms with E-state index in [0.29, 0.717) is 6.61 Å². The summed E-state index contributed by atoms with van der Waals surface area (Å²) in [5, 5.41) is 0. The lowest BCUT2D eigenvalue weighted by atomic mass is 9.94. The fourth-order valence-corrected chi connectivity index (χ4v) is 3.11. The maximum atomic E-state index is 5.63. The van der Waals surface area contributed by atoms with E-state index in [4.69, 9.17) is 17.0 Å². The molecule has 2 aromatic rings. The van der Waals surface area contributed by atoms with Gasteiger partial charge in [0.25, 0.3) is 0 Å². The molecule has 0 bridgehead atoms. The van der Waals surface area contributed by atoms with E-state index in [1.807, 2.05) is 13.1 Å². The van der Waals surface area contributed by atoms with Crippen molar-refractivity contribution in [1.82, 2.24) is 14.5 Å². The van der Waals surface area contributed by atoms with Gasteiger partial charge in [-0.1, -0.05) is 0 Å². The average molecular weight is 263 g/mol. The molecule has 18 heavy (non-hydrogen) atoms. The smallest absolute Gasteiger partial charge is 0.179 e. The number of rotatable bonds is 1. The Hall–Kier alpha value is -1.20. The number of nitrogens with zero attached hydrogens (tertiary/aromatic N) is 2. The maximum absolute atomic E-state index is 5.63. The Bertz CT molecular complexity index is 637. The number of imidazole rings is 1. The van der Waals surface area contributed by atoms with Gasteiger partial charge in [0.2, 0.25) is 0 Å². The van der Waals surface area contributed by atoms with Gasteiger partial charge >= 0.3 is 0 Å². The minimum absolute atomic E-state index is 0.0875. The number of nitrogens with one attached hydrogen (secondary N) is 1. The van der Waals surface area contributed by atoms with Crippen molar-refractivity contribution in [2.75, 3.05) is 13.2 Å². The van der Waals surface area contributed by atoms with Crippen LogP contribution in [0.15, 0.2) is 12.3 Å². The van der Waals surface area contributed by atoms with Gasteiger partial charge in [0.15, 0.2) is 10.4 Å². The summed E-state index contributed by atoms with van der Waals surface area (Å²) in [6, 6.07) is 2.08. The van der Waals surface area contributed by atoms with Gasteiger partial charge in [-0.05, 0) is 50.5 Å². The predicted octanol–water partition coefficient (Wildman–Crippen LogP) is 2.93. The van der Waals surface area contributed by atoms with Crippen LogP contribution >= 0.6 is 12.2 Å². The van der Waals surface area contributed by atoms with Gasteiger partial charge in [0, 0.05) is 12.8 Å². The van der Waals surface area contributed by atoms with Gasteiger partial charge in [0.1, 0.15) is 0 Å². The number of pyridine rings is 1. The van der Waals surface area contributed by atoms with E-state index in [-0.39, 0.29) is 5.54 Å². The minimum atomic E-state index is -0.0875. The standard InChI is InChI=1S/C13H17N3OS/c1-9-6-10-11(14-7-9)16(12(18)15-10)13(2)4-3-5-17-8-13/h6-7H,3-5,8H2,1-2H3,(H,15,18). The van der Waals surface area contributed by atoms with Crippen LogP contribution in [0.25, 0.3) is 11.2 Å². The lowest BCUT2D eigenvalue weighted by molar-refractivity contribution is 0.0105. The summed E-state index contributed by atoms with van der Waals surface area (Å²) < 4.78 is 8.48. The van der Waals surface area contributed by atoms with Gasteiger partial charge in [-0.25, -0.2) is 4.98 Å². The molecule has 1 saturated heterocycles. The average Bonchev–Trinajstić information content (AvgIpc) is 2.65. The van der Waals surface area contributed by atoms with Crippen molar-refractivity contribution in [3.8, 4) is 0 Å². The molecule has 0 amide bonds. The number of fused-ring (bicyclic) bond motifs is 1. The highest BCUT2D eigenvalue weighted by Crippen LogP contribution is 2.30. The summed E-state index contributed by atoms with van der Waals surface area (Å²) in [4.78, 5) is 7.78. The van der Waals surface area contributed by atoms with Crippen molar-refractivity contribution in [2.45, 2.75) is 32.2 Å². The van der Waals surface area contributed by atoms with Crippen LogP contribution in [-0.4, -0.2) is 27.7 Å². The van der Waals surface area contributed by atoms with E-state index in [9.17, 15) is 0 Å². The number of ether oxygens (including phenoxy) is 1. The van der Waals surface area contributed by atoms with Gasteiger partial charge in [-0.15, -0.1) is 0 Å². The zero-order chi connectivity index (χ0) is 12.8. The third-order valence-corrected chi connectivity index (χ3v) is 3.90. The lowest BCUT2D eigenvalue weighted by Gasteiger charge is -2.34. The molecule has 1 aliphatic rings. The Balaban J connectivity index is 2.22. The Morgan fingerprint density at radius 2 is 2.39 bits per heavy atom. The molecule has 1 N–H and O–H groups in total. The minimum Gasteiger partial charge on any atom is -0.379 e. The van der Waals surface area contributed by atoms with Crippen LogP contribution in [0, 0.1) is 11.7 Å². The van der Waals surface area contributed by atoms with E-state index < -0.39 is 0 Å². The Morgan fingerprint density at radius 3 is 3.11 bits per heavy atom. The van der Waals surface area contributed by atoms with Gasteiger partial charge in [0.05, 0.1) is 17.7 Å². The molecule has 2 aromatic heterocycles. The molecule has 4 nitrogen and oxygen atoms in total. The second kappa shape index (κ2) is 4.17. The normalized spacial score (nSPS) is 24.6. The summed E-state index contributed by atoms with van der Waals surface area (Å²) in [6.07, 6.45) is 4.02. The van der Waals surface area contributed by atoms with Crippen LogP contribution in [0.2, 0.25) is 0 Å². The fourth-order valence-electron chi connectivity index (χ4n) is 2.70. The highest BCUT2D eigenvalue weighted by molar-refractivity contribution is 7.71. The van der Waals surface area contributed by atoms with Crippen LogP contribution in [0.1, 0.15) is 25.3 Å². The van der Waals surface area contributed by atoms with Gasteiger partial charge < -0.3 is 9.72 Å². The molecule has 3 rings (SSSR count). The summed E-state index contributed by atoms with van der Waals surface area (Å²) in [7, 11) is 0. The van der Waals surface area contributed by atoms with Crippen LogP contribution in [0.4, 0.5) is 0 Å². The van der Waals surface area contributed by atoms with Crippen molar-refractivity contribution >= 4 is 23.4 Å². The maximum Gasteiger partial charge on any atom is 0.179 e. The fraction of sp³-hybridized carbons (Fsp3) is 0.538. The molecule has 0 aromatic carbocycles. The summed E-state index contributed by atoms with van der Waals surface area (Å²) in [5.41, 5.74) is 2.98. The predicted molar refractivity (Wildman–Crippen MR) is 73.4 cm³/mol. The molecule has 1 atom stereocenters. The summed E-state index contributed by atoms with van der Waals surface area (Å²) >= 11 is 5.46. The molecule has 0 saturated carbocycles. The van der Waals surface area contributed by atoms with E-state index in [1.54, 1.807) is 0 Å². The molecule has 3 heterocycles. The van der Waals surface area contributed by atoms with Gasteiger partial charge in [-0.3, -0.25) is 4.57 Å². The van der Waals surface area contributed by atoms with Crippen molar-refractivity contribution in [1.29, 1.82) is 0 Å². The highest BCUT2D eigenvalue weighted by atomic mass is 32.1. The van der Waals surface area contributed by atoms with Crippen molar-refractivity contribution in [2.24, 2.45) is 0 Å².